The summed E-state index contributed by atoms with van der Waals surface area (Å²) < 4.78 is 23.2. The van der Waals surface area contributed by atoms with Gasteiger partial charge in [-0.25, -0.2) is 8.42 Å². The summed E-state index contributed by atoms with van der Waals surface area (Å²) >= 11 is 0. The average Bonchev–Trinajstić information content (AvgIpc) is 2.88. The van der Waals surface area contributed by atoms with E-state index in [1.165, 1.54) is 4.90 Å². The highest BCUT2D eigenvalue weighted by Crippen LogP contribution is 2.18. The predicted octanol–water partition coefficient (Wildman–Crippen LogP) is 0.899. The highest BCUT2D eigenvalue weighted by molar-refractivity contribution is 7.91. The first kappa shape index (κ1) is 17.5. The molecule has 1 aromatic carbocycles. The Labute approximate surface area is 136 Å². The van der Waals surface area contributed by atoms with Crippen molar-refractivity contribution in [2.75, 3.05) is 18.1 Å². The van der Waals surface area contributed by atoms with Crippen molar-refractivity contribution in [3.05, 3.63) is 35.9 Å². The zero-order valence-electron chi connectivity index (χ0n) is 13.4. The maximum Gasteiger partial charge on any atom is 0.312 e. The summed E-state index contributed by atoms with van der Waals surface area (Å²) in [5.74, 6) is -1.36. The number of nitrogens with zero attached hydrogens (tertiary/aromatic N) is 1. The molecule has 23 heavy (non-hydrogen) atoms. The summed E-state index contributed by atoms with van der Waals surface area (Å²) in [4.78, 5) is 25.9. The first-order valence-electron chi connectivity index (χ1n) is 7.71. The van der Waals surface area contributed by atoms with Crippen LogP contribution >= 0.6 is 0 Å². The van der Waals surface area contributed by atoms with Gasteiger partial charge in [0.2, 0.25) is 0 Å². The lowest BCUT2D eigenvalue weighted by atomic mass is 10.1. The number of sulfone groups is 1. The van der Waals surface area contributed by atoms with Crippen molar-refractivity contribution < 1.29 is 18.0 Å². The summed E-state index contributed by atoms with van der Waals surface area (Å²) in [5.41, 5.74) is 0.903. The average molecular weight is 338 g/mol. The summed E-state index contributed by atoms with van der Waals surface area (Å²) in [6.45, 7) is 3.86. The van der Waals surface area contributed by atoms with E-state index in [1.807, 2.05) is 30.3 Å². The number of rotatable bonds is 4. The monoisotopic (exact) mass is 338 g/mol. The Balaban J connectivity index is 2.02. The summed E-state index contributed by atoms with van der Waals surface area (Å²) in [6.07, 6.45) is 0.392. The van der Waals surface area contributed by atoms with E-state index >= 15 is 0 Å². The van der Waals surface area contributed by atoms with Crippen molar-refractivity contribution in [2.45, 2.75) is 32.4 Å². The topological polar surface area (TPSA) is 83.6 Å². The number of hydrogen-bond acceptors (Lipinski definition) is 4. The van der Waals surface area contributed by atoms with Crippen molar-refractivity contribution in [3.8, 4) is 0 Å². The molecular weight excluding hydrogens is 316 g/mol. The van der Waals surface area contributed by atoms with E-state index in [4.69, 9.17) is 0 Å². The molecule has 2 unspecified atom stereocenters. The van der Waals surface area contributed by atoms with Crippen molar-refractivity contribution in [3.63, 3.8) is 0 Å². The molecule has 1 aliphatic heterocycles. The lowest BCUT2D eigenvalue weighted by molar-refractivity contribution is -0.147. The van der Waals surface area contributed by atoms with Gasteiger partial charge < -0.3 is 10.2 Å². The molecule has 0 aromatic heterocycles. The molecule has 0 aliphatic carbocycles. The molecule has 2 amide bonds. The van der Waals surface area contributed by atoms with Crippen LogP contribution in [-0.2, 0) is 19.4 Å². The molecule has 1 N–H and O–H groups in total. The number of nitrogens with one attached hydrogen (secondary N) is 1. The van der Waals surface area contributed by atoms with E-state index in [2.05, 4.69) is 5.32 Å². The molecule has 126 valence electrons. The van der Waals surface area contributed by atoms with Gasteiger partial charge in [-0.1, -0.05) is 30.3 Å². The Bertz CT molecular complexity index is 673. The molecule has 1 aliphatic rings. The Kier molecular flexibility index (Phi) is 5.41. The second kappa shape index (κ2) is 7.12. The molecule has 1 fully saturated rings. The van der Waals surface area contributed by atoms with Gasteiger partial charge in [0.05, 0.1) is 17.5 Å². The summed E-state index contributed by atoms with van der Waals surface area (Å²) in [5, 5.41) is 2.68. The van der Waals surface area contributed by atoms with Crippen molar-refractivity contribution in [1.82, 2.24) is 10.2 Å². The first-order valence-corrected chi connectivity index (χ1v) is 9.53. The molecule has 7 heteroatoms. The second-order valence-corrected chi connectivity index (χ2v) is 7.98. The Hall–Kier alpha value is -1.89. The number of benzene rings is 1. The van der Waals surface area contributed by atoms with Gasteiger partial charge in [-0.3, -0.25) is 9.59 Å². The maximum absolute atomic E-state index is 12.4. The van der Waals surface area contributed by atoms with E-state index in [9.17, 15) is 18.0 Å². The maximum atomic E-state index is 12.4. The molecule has 2 atom stereocenters. The Morgan fingerprint density at radius 3 is 2.48 bits per heavy atom. The molecule has 0 spiro atoms. The van der Waals surface area contributed by atoms with Crippen molar-refractivity contribution >= 4 is 21.7 Å². The van der Waals surface area contributed by atoms with E-state index in [-0.39, 0.29) is 17.5 Å². The van der Waals surface area contributed by atoms with Crippen molar-refractivity contribution in [1.29, 1.82) is 0 Å². The van der Waals surface area contributed by atoms with Gasteiger partial charge >= 0.3 is 11.8 Å². The normalized spacial score (nSPS) is 20.7. The number of carbonyl (C=O) groups excluding carboxylic acids is 2. The molecule has 0 bridgehead atoms. The smallest absolute Gasteiger partial charge is 0.312 e. The van der Waals surface area contributed by atoms with Crippen LogP contribution in [0.1, 0.15) is 31.9 Å². The summed E-state index contributed by atoms with van der Waals surface area (Å²) in [6, 6.07) is 8.65. The van der Waals surface area contributed by atoms with Gasteiger partial charge in [0.15, 0.2) is 9.84 Å². The fourth-order valence-corrected chi connectivity index (χ4v) is 4.53. The van der Waals surface area contributed by atoms with E-state index in [0.717, 1.165) is 5.56 Å². The lowest BCUT2D eigenvalue weighted by Crippen LogP contribution is -2.48. The van der Waals surface area contributed by atoms with Crippen LogP contribution < -0.4 is 5.32 Å². The van der Waals surface area contributed by atoms with E-state index < -0.39 is 27.7 Å². The molecule has 0 saturated carbocycles. The summed E-state index contributed by atoms with van der Waals surface area (Å²) in [7, 11) is -3.10. The zero-order chi connectivity index (χ0) is 17.0. The molecule has 1 saturated heterocycles. The molecular formula is C16H22N2O4S. The Morgan fingerprint density at radius 2 is 1.96 bits per heavy atom. The number of carbonyl (C=O) groups is 2. The molecule has 0 radical (unpaired) electrons. The zero-order valence-corrected chi connectivity index (χ0v) is 14.2. The van der Waals surface area contributed by atoms with E-state index in [0.29, 0.717) is 13.0 Å². The Morgan fingerprint density at radius 1 is 1.30 bits per heavy atom. The van der Waals surface area contributed by atoms with Crippen LogP contribution in [0.15, 0.2) is 30.3 Å². The standard InChI is InChI=1S/C16H22N2O4S/c1-3-18(14-9-10-23(21,22)11-14)16(20)15(19)17-12(2)13-7-5-4-6-8-13/h4-8,12,14H,3,9-11H2,1-2H3,(H,17,19). The third-order valence-electron chi connectivity index (χ3n) is 4.09. The van der Waals surface area contributed by atoms with Gasteiger partial charge in [-0.2, -0.15) is 0 Å². The van der Waals surface area contributed by atoms with Gasteiger partial charge in [-0.15, -0.1) is 0 Å². The molecule has 1 aromatic rings. The van der Waals surface area contributed by atoms with Gasteiger partial charge in [-0.05, 0) is 25.8 Å². The first-order chi connectivity index (χ1) is 10.8. The molecule has 6 nitrogen and oxygen atoms in total. The lowest BCUT2D eigenvalue weighted by Gasteiger charge is -2.26. The number of hydrogen-bond donors (Lipinski definition) is 1. The third kappa shape index (κ3) is 4.31. The minimum Gasteiger partial charge on any atom is -0.341 e. The second-order valence-electron chi connectivity index (χ2n) is 5.75. The number of likely N-dealkylation sites (N-methyl/N-ethyl adjacent to an activating group) is 1. The number of amides is 2. The van der Waals surface area contributed by atoms with Crippen LogP contribution in [0.25, 0.3) is 0 Å². The largest absolute Gasteiger partial charge is 0.341 e. The fourth-order valence-electron chi connectivity index (χ4n) is 2.80. The van der Waals surface area contributed by atoms with Crippen LogP contribution in [0.2, 0.25) is 0 Å². The predicted molar refractivity (Wildman–Crippen MR) is 87.4 cm³/mol. The van der Waals surface area contributed by atoms with Gasteiger partial charge in [0.1, 0.15) is 0 Å². The SMILES string of the molecule is CCN(C(=O)C(=O)NC(C)c1ccccc1)C1CCS(=O)(=O)C1. The highest BCUT2D eigenvalue weighted by Gasteiger charge is 2.36. The molecule has 2 rings (SSSR count). The van der Waals surface area contributed by atoms with Crippen molar-refractivity contribution in [2.24, 2.45) is 0 Å². The quantitative estimate of drug-likeness (QED) is 0.827. The van der Waals surface area contributed by atoms with E-state index in [1.54, 1.807) is 13.8 Å². The van der Waals surface area contributed by atoms with Gasteiger partial charge in [0.25, 0.3) is 0 Å². The minimum absolute atomic E-state index is 0.0614. The third-order valence-corrected chi connectivity index (χ3v) is 5.84. The highest BCUT2D eigenvalue weighted by atomic mass is 32.2. The van der Waals surface area contributed by atoms with Crippen LogP contribution in [0, 0.1) is 0 Å². The van der Waals surface area contributed by atoms with Gasteiger partial charge in [0, 0.05) is 12.6 Å². The van der Waals surface area contributed by atoms with Crippen LogP contribution in [0.3, 0.4) is 0 Å². The van der Waals surface area contributed by atoms with Crippen LogP contribution in [0.4, 0.5) is 0 Å². The van der Waals surface area contributed by atoms with Crippen LogP contribution in [0.5, 0.6) is 0 Å². The molecule has 1 heterocycles. The fraction of sp³-hybridized carbons (Fsp3) is 0.500. The minimum atomic E-state index is -3.10. The van der Waals surface area contributed by atoms with Crippen LogP contribution in [-0.4, -0.2) is 49.2 Å².